The molecule has 0 amide bonds. The molecule has 12 heavy (non-hydrogen) atoms. The highest BCUT2D eigenvalue weighted by Gasteiger charge is 2.08. The van der Waals surface area contributed by atoms with Crippen LogP contribution in [0, 0.1) is 10.6 Å². The van der Waals surface area contributed by atoms with Crippen molar-refractivity contribution in [2.24, 2.45) is 7.05 Å². The summed E-state index contributed by atoms with van der Waals surface area (Å²) in [6.07, 6.45) is 1.54. The van der Waals surface area contributed by atoms with E-state index in [1.54, 1.807) is 0 Å². The number of hydrogen-bond acceptors (Lipinski definition) is 3. The van der Waals surface area contributed by atoms with Crippen LogP contribution in [0.2, 0.25) is 0 Å². The standard InChI is InChI=1S/C7H7IN4/c1-4-11-7-5(12(4)2)6(8)9-3-10-7/h3H,1-2H3. The van der Waals surface area contributed by atoms with Crippen molar-refractivity contribution in [1.29, 1.82) is 0 Å². The van der Waals surface area contributed by atoms with Crippen LogP contribution in [0.4, 0.5) is 0 Å². The van der Waals surface area contributed by atoms with E-state index in [-0.39, 0.29) is 0 Å². The Balaban J connectivity index is 2.97. The zero-order valence-electron chi connectivity index (χ0n) is 6.74. The van der Waals surface area contributed by atoms with Crippen molar-refractivity contribution >= 4 is 33.8 Å². The van der Waals surface area contributed by atoms with Crippen molar-refractivity contribution in [1.82, 2.24) is 19.5 Å². The smallest absolute Gasteiger partial charge is 0.182 e. The molecule has 0 saturated carbocycles. The van der Waals surface area contributed by atoms with Crippen LogP contribution in [-0.4, -0.2) is 19.5 Å². The van der Waals surface area contributed by atoms with E-state index in [0.717, 1.165) is 20.7 Å². The third-order valence-electron chi connectivity index (χ3n) is 1.85. The van der Waals surface area contributed by atoms with Crippen LogP contribution >= 0.6 is 22.6 Å². The van der Waals surface area contributed by atoms with E-state index in [4.69, 9.17) is 0 Å². The van der Waals surface area contributed by atoms with Crippen molar-refractivity contribution in [2.45, 2.75) is 6.92 Å². The van der Waals surface area contributed by atoms with Gasteiger partial charge in [-0.3, -0.25) is 0 Å². The predicted octanol–water partition coefficient (Wildman–Crippen LogP) is 1.28. The Hall–Kier alpha value is -0.720. The summed E-state index contributed by atoms with van der Waals surface area (Å²) in [5, 5.41) is 0. The van der Waals surface area contributed by atoms with Gasteiger partial charge in [0, 0.05) is 7.05 Å². The Kier molecular flexibility index (Phi) is 1.75. The fourth-order valence-electron chi connectivity index (χ4n) is 1.11. The fraction of sp³-hybridized carbons (Fsp3) is 0.286. The number of fused-ring (bicyclic) bond motifs is 1. The minimum atomic E-state index is 0.773. The molecule has 2 rings (SSSR count). The molecule has 4 nitrogen and oxygen atoms in total. The molecule has 0 aliphatic heterocycles. The first kappa shape index (κ1) is 7.90. The summed E-state index contributed by atoms with van der Waals surface area (Å²) in [5.41, 5.74) is 1.78. The van der Waals surface area contributed by atoms with E-state index in [9.17, 15) is 0 Å². The predicted molar refractivity (Wildman–Crippen MR) is 53.8 cm³/mol. The van der Waals surface area contributed by atoms with Crippen molar-refractivity contribution in [3.63, 3.8) is 0 Å². The summed E-state index contributed by atoms with van der Waals surface area (Å²) >= 11 is 2.19. The van der Waals surface area contributed by atoms with Gasteiger partial charge in [0.25, 0.3) is 0 Å². The number of halogens is 1. The summed E-state index contributed by atoms with van der Waals surface area (Å²) in [6, 6.07) is 0. The monoisotopic (exact) mass is 274 g/mol. The van der Waals surface area contributed by atoms with Crippen LogP contribution in [0.15, 0.2) is 6.33 Å². The lowest BCUT2D eigenvalue weighted by Crippen LogP contribution is -1.93. The first-order valence-corrected chi connectivity index (χ1v) is 4.57. The van der Waals surface area contributed by atoms with Crippen LogP contribution < -0.4 is 0 Å². The molecule has 0 aliphatic rings. The van der Waals surface area contributed by atoms with E-state index < -0.39 is 0 Å². The molecule has 0 N–H and O–H groups in total. The van der Waals surface area contributed by atoms with Gasteiger partial charge >= 0.3 is 0 Å². The number of aromatic nitrogens is 4. The van der Waals surface area contributed by atoms with Crippen molar-refractivity contribution in [3.8, 4) is 0 Å². The molecule has 2 aromatic heterocycles. The lowest BCUT2D eigenvalue weighted by atomic mass is 10.5. The average molecular weight is 274 g/mol. The molecule has 0 aliphatic carbocycles. The highest BCUT2D eigenvalue weighted by Crippen LogP contribution is 2.15. The zero-order chi connectivity index (χ0) is 8.72. The molecule has 0 fully saturated rings. The first-order chi connectivity index (χ1) is 5.70. The molecule has 2 aromatic rings. The molecule has 2 heterocycles. The van der Waals surface area contributed by atoms with Gasteiger partial charge in [0.1, 0.15) is 21.4 Å². The Bertz CT molecular complexity index is 434. The summed E-state index contributed by atoms with van der Waals surface area (Å²) in [6.45, 7) is 1.96. The fourth-order valence-corrected chi connectivity index (χ4v) is 1.84. The van der Waals surface area contributed by atoms with Crippen molar-refractivity contribution in [2.75, 3.05) is 0 Å². The van der Waals surface area contributed by atoms with Gasteiger partial charge < -0.3 is 4.57 Å². The Morgan fingerprint density at radius 3 is 2.83 bits per heavy atom. The van der Waals surface area contributed by atoms with E-state index in [2.05, 4.69) is 37.5 Å². The maximum atomic E-state index is 4.28. The lowest BCUT2D eigenvalue weighted by Gasteiger charge is -1.96. The molecule has 0 saturated heterocycles. The molecule has 0 atom stereocenters. The van der Waals surface area contributed by atoms with Crippen LogP contribution in [0.5, 0.6) is 0 Å². The Morgan fingerprint density at radius 2 is 2.17 bits per heavy atom. The van der Waals surface area contributed by atoms with Gasteiger partial charge in [0.15, 0.2) is 5.65 Å². The Labute approximate surface area is 83.2 Å². The third kappa shape index (κ3) is 0.996. The van der Waals surface area contributed by atoms with Crippen LogP contribution in [0.3, 0.4) is 0 Å². The molecule has 0 radical (unpaired) electrons. The highest BCUT2D eigenvalue weighted by atomic mass is 127. The van der Waals surface area contributed by atoms with E-state index in [0.29, 0.717) is 0 Å². The van der Waals surface area contributed by atoms with Crippen molar-refractivity contribution in [3.05, 3.63) is 15.9 Å². The topological polar surface area (TPSA) is 43.6 Å². The second kappa shape index (κ2) is 2.65. The summed E-state index contributed by atoms with van der Waals surface area (Å²) in [4.78, 5) is 12.5. The van der Waals surface area contributed by atoms with Crippen LogP contribution in [0.1, 0.15) is 5.82 Å². The van der Waals surface area contributed by atoms with Crippen LogP contribution in [0.25, 0.3) is 11.2 Å². The molecule has 0 unspecified atom stereocenters. The largest absolute Gasteiger partial charge is 0.328 e. The van der Waals surface area contributed by atoms with Gasteiger partial charge in [-0.15, -0.1) is 0 Å². The minimum absolute atomic E-state index is 0.773. The molecule has 0 bridgehead atoms. The minimum Gasteiger partial charge on any atom is -0.328 e. The molecule has 62 valence electrons. The molecular weight excluding hydrogens is 267 g/mol. The summed E-state index contributed by atoms with van der Waals surface area (Å²) in [5.74, 6) is 0.961. The number of aryl methyl sites for hydroxylation is 2. The SMILES string of the molecule is Cc1nc2ncnc(I)c2n1C. The zero-order valence-corrected chi connectivity index (χ0v) is 8.90. The second-order valence-corrected chi connectivity index (χ2v) is 3.58. The molecule has 5 heteroatoms. The lowest BCUT2D eigenvalue weighted by molar-refractivity contribution is 0.881. The Morgan fingerprint density at radius 1 is 1.42 bits per heavy atom. The maximum absolute atomic E-state index is 4.28. The second-order valence-electron chi connectivity index (χ2n) is 2.55. The highest BCUT2D eigenvalue weighted by molar-refractivity contribution is 14.1. The third-order valence-corrected chi connectivity index (χ3v) is 2.64. The molecule has 0 aromatic carbocycles. The average Bonchev–Trinajstić information content (AvgIpc) is 2.29. The van der Waals surface area contributed by atoms with Gasteiger partial charge in [-0.05, 0) is 29.5 Å². The normalized spacial score (nSPS) is 10.9. The van der Waals surface area contributed by atoms with Gasteiger partial charge in [0.05, 0.1) is 0 Å². The summed E-state index contributed by atoms with van der Waals surface area (Å²) < 4.78 is 2.94. The van der Waals surface area contributed by atoms with Crippen molar-refractivity contribution < 1.29 is 0 Å². The van der Waals surface area contributed by atoms with Gasteiger partial charge in [0.2, 0.25) is 0 Å². The number of rotatable bonds is 0. The van der Waals surface area contributed by atoms with Crippen LogP contribution in [-0.2, 0) is 7.05 Å². The van der Waals surface area contributed by atoms with E-state index in [1.807, 2.05) is 18.5 Å². The maximum Gasteiger partial charge on any atom is 0.182 e. The van der Waals surface area contributed by atoms with Gasteiger partial charge in [-0.25, -0.2) is 15.0 Å². The first-order valence-electron chi connectivity index (χ1n) is 3.49. The van der Waals surface area contributed by atoms with E-state index >= 15 is 0 Å². The summed E-state index contributed by atoms with van der Waals surface area (Å²) in [7, 11) is 1.97. The number of hydrogen-bond donors (Lipinski definition) is 0. The van der Waals surface area contributed by atoms with Gasteiger partial charge in [-0.1, -0.05) is 0 Å². The van der Waals surface area contributed by atoms with E-state index in [1.165, 1.54) is 6.33 Å². The van der Waals surface area contributed by atoms with Gasteiger partial charge in [-0.2, -0.15) is 0 Å². The molecule has 0 spiro atoms. The molecular formula is C7H7IN4. The number of imidazole rings is 1. The number of nitrogens with zero attached hydrogens (tertiary/aromatic N) is 4. The quantitative estimate of drug-likeness (QED) is 0.537.